The van der Waals surface area contributed by atoms with Crippen LogP contribution in [0.15, 0.2) is 24.3 Å². The van der Waals surface area contributed by atoms with Crippen molar-refractivity contribution in [2.24, 2.45) is 0 Å². The van der Waals surface area contributed by atoms with E-state index in [0.29, 0.717) is 11.8 Å². The van der Waals surface area contributed by atoms with Crippen LogP contribution in [0.1, 0.15) is 24.9 Å². The Labute approximate surface area is 131 Å². The lowest BCUT2D eigenvalue weighted by Crippen LogP contribution is -2.45. The zero-order valence-electron chi connectivity index (χ0n) is 13.4. The van der Waals surface area contributed by atoms with Crippen LogP contribution >= 0.6 is 0 Å². The summed E-state index contributed by atoms with van der Waals surface area (Å²) in [6, 6.07) is 4.45. The van der Waals surface area contributed by atoms with Crippen LogP contribution in [0.2, 0.25) is 0 Å². The van der Waals surface area contributed by atoms with Crippen molar-refractivity contribution in [2.75, 3.05) is 40.1 Å². The van der Waals surface area contributed by atoms with E-state index in [1.54, 1.807) is 7.11 Å². The molecule has 0 bridgehead atoms. The summed E-state index contributed by atoms with van der Waals surface area (Å²) in [4.78, 5) is 2.50. The van der Waals surface area contributed by atoms with Gasteiger partial charge in [0.05, 0.1) is 7.11 Å². The molecular weight excluding hydrogens is 280 g/mol. The molecule has 3 rings (SSSR count). The average molecular weight is 304 g/mol. The molecule has 2 aliphatic heterocycles. The van der Waals surface area contributed by atoms with Crippen LogP contribution in [0.5, 0.6) is 17.2 Å². The number of nitrogens with one attached hydrogen (secondary N) is 1. The lowest BCUT2D eigenvalue weighted by Gasteiger charge is -2.35. The van der Waals surface area contributed by atoms with Crippen LogP contribution in [-0.4, -0.2) is 45.0 Å². The first-order valence-corrected chi connectivity index (χ1v) is 7.75. The van der Waals surface area contributed by atoms with Gasteiger partial charge in [-0.25, -0.2) is 0 Å². The lowest BCUT2D eigenvalue weighted by molar-refractivity contribution is 0.169. The summed E-state index contributed by atoms with van der Waals surface area (Å²) in [7, 11) is 1.67. The monoisotopic (exact) mass is 304 g/mol. The second kappa shape index (κ2) is 6.58. The Hall–Kier alpha value is -1.72. The number of hydrogen-bond acceptors (Lipinski definition) is 5. The van der Waals surface area contributed by atoms with Crippen molar-refractivity contribution in [3.05, 3.63) is 29.8 Å². The van der Waals surface area contributed by atoms with Crippen LogP contribution in [0.25, 0.3) is 0 Å². The molecule has 5 nitrogen and oxygen atoms in total. The predicted octanol–water partition coefficient (Wildman–Crippen LogP) is 2.34. The highest BCUT2D eigenvalue weighted by Crippen LogP contribution is 2.44. The number of methoxy groups -OCH3 is 1. The molecule has 1 saturated heterocycles. The fraction of sp³-hybridized carbons (Fsp3) is 0.529. The fourth-order valence-corrected chi connectivity index (χ4v) is 3.12. The molecule has 0 saturated carbocycles. The van der Waals surface area contributed by atoms with Crippen LogP contribution in [0, 0.1) is 0 Å². The fourth-order valence-electron chi connectivity index (χ4n) is 3.12. The number of nitrogens with zero attached hydrogens (tertiary/aromatic N) is 1. The maximum absolute atomic E-state index is 5.57. The van der Waals surface area contributed by atoms with Gasteiger partial charge in [-0.2, -0.15) is 0 Å². The molecule has 0 amide bonds. The van der Waals surface area contributed by atoms with Gasteiger partial charge in [0.1, 0.15) is 0 Å². The third-order valence-electron chi connectivity index (χ3n) is 4.20. The van der Waals surface area contributed by atoms with Gasteiger partial charge in [0.2, 0.25) is 12.5 Å². The van der Waals surface area contributed by atoms with Gasteiger partial charge in [-0.3, -0.25) is 4.90 Å². The molecule has 0 aromatic heterocycles. The molecule has 2 aliphatic rings. The smallest absolute Gasteiger partial charge is 0.231 e. The molecule has 1 aromatic carbocycles. The number of piperazine rings is 1. The number of ether oxygens (including phenoxy) is 3. The number of rotatable bonds is 5. The van der Waals surface area contributed by atoms with Crippen molar-refractivity contribution in [3.8, 4) is 17.2 Å². The Morgan fingerprint density at radius 1 is 1.36 bits per heavy atom. The van der Waals surface area contributed by atoms with Crippen LogP contribution in [-0.2, 0) is 0 Å². The third-order valence-corrected chi connectivity index (χ3v) is 4.20. The lowest BCUT2D eigenvalue weighted by atomic mass is 9.97. The van der Waals surface area contributed by atoms with Gasteiger partial charge in [0.25, 0.3) is 0 Å². The van der Waals surface area contributed by atoms with E-state index < -0.39 is 0 Å². The Balaban J connectivity index is 1.94. The topological polar surface area (TPSA) is 43.0 Å². The minimum absolute atomic E-state index is 0.258. The van der Waals surface area contributed by atoms with Gasteiger partial charge in [-0.15, -0.1) is 6.58 Å². The zero-order chi connectivity index (χ0) is 15.5. The number of benzene rings is 1. The molecule has 2 heterocycles. The van der Waals surface area contributed by atoms with Gasteiger partial charge in [-0.05, 0) is 31.0 Å². The summed E-state index contributed by atoms with van der Waals surface area (Å²) in [6.45, 7) is 10.6. The Kier molecular flexibility index (Phi) is 4.55. The second-order valence-corrected chi connectivity index (χ2v) is 5.92. The quantitative estimate of drug-likeness (QED) is 0.846. The molecule has 1 N–H and O–H groups in total. The Morgan fingerprint density at radius 3 is 2.82 bits per heavy atom. The SMILES string of the molecule is C=C(C)C[C@@H](c1cc(OC)c2c(c1)OCO2)N1CCNCC1. The maximum atomic E-state index is 5.57. The Morgan fingerprint density at radius 2 is 2.14 bits per heavy atom. The average Bonchev–Trinajstić information content (AvgIpc) is 3.00. The molecular formula is C17H24N2O3. The van der Waals surface area contributed by atoms with E-state index in [1.165, 1.54) is 11.1 Å². The molecule has 0 spiro atoms. The van der Waals surface area contributed by atoms with Crippen molar-refractivity contribution in [1.29, 1.82) is 0 Å². The summed E-state index contributed by atoms with van der Waals surface area (Å²) in [5.74, 6) is 2.23. The molecule has 120 valence electrons. The highest BCUT2D eigenvalue weighted by Gasteiger charge is 2.27. The largest absolute Gasteiger partial charge is 0.493 e. The maximum Gasteiger partial charge on any atom is 0.231 e. The summed E-state index contributed by atoms with van der Waals surface area (Å²) in [5.41, 5.74) is 2.38. The van der Waals surface area contributed by atoms with Crippen LogP contribution in [0.4, 0.5) is 0 Å². The van der Waals surface area contributed by atoms with Crippen molar-refractivity contribution in [1.82, 2.24) is 10.2 Å². The van der Waals surface area contributed by atoms with Gasteiger partial charge >= 0.3 is 0 Å². The Bertz CT molecular complexity index is 553. The third kappa shape index (κ3) is 3.05. The minimum Gasteiger partial charge on any atom is -0.493 e. The van der Waals surface area contributed by atoms with Crippen LogP contribution in [0.3, 0.4) is 0 Å². The van der Waals surface area contributed by atoms with E-state index in [9.17, 15) is 0 Å². The van der Waals surface area contributed by atoms with Gasteiger partial charge in [-0.1, -0.05) is 5.57 Å². The van der Waals surface area contributed by atoms with Crippen molar-refractivity contribution in [3.63, 3.8) is 0 Å². The molecule has 1 aromatic rings. The first-order chi connectivity index (χ1) is 10.7. The highest BCUT2D eigenvalue weighted by atomic mass is 16.7. The van der Waals surface area contributed by atoms with Gasteiger partial charge in [0.15, 0.2) is 11.5 Å². The first kappa shape index (κ1) is 15.2. The summed E-state index contributed by atoms with van der Waals surface area (Å²) in [5, 5.41) is 3.41. The van der Waals surface area contributed by atoms with Crippen molar-refractivity contribution < 1.29 is 14.2 Å². The van der Waals surface area contributed by atoms with Gasteiger partial charge in [0, 0.05) is 32.2 Å². The zero-order valence-corrected chi connectivity index (χ0v) is 13.4. The molecule has 5 heteroatoms. The predicted molar refractivity (Wildman–Crippen MR) is 85.7 cm³/mol. The van der Waals surface area contributed by atoms with Crippen molar-refractivity contribution in [2.45, 2.75) is 19.4 Å². The summed E-state index contributed by atoms with van der Waals surface area (Å²) >= 11 is 0. The van der Waals surface area contributed by atoms with E-state index in [0.717, 1.165) is 44.1 Å². The van der Waals surface area contributed by atoms with E-state index >= 15 is 0 Å². The second-order valence-electron chi connectivity index (χ2n) is 5.92. The molecule has 0 unspecified atom stereocenters. The standard InChI is InChI=1S/C17H24N2O3/c1-12(2)8-14(19-6-4-18-5-7-19)13-9-15(20-3)17-16(10-13)21-11-22-17/h9-10,14,18H,1,4-8,11H2,2-3H3/t14-/m0/s1. The van der Waals surface area contributed by atoms with E-state index in [4.69, 9.17) is 14.2 Å². The molecule has 0 radical (unpaired) electrons. The van der Waals surface area contributed by atoms with Crippen molar-refractivity contribution >= 4 is 0 Å². The first-order valence-electron chi connectivity index (χ1n) is 7.75. The minimum atomic E-state index is 0.258. The highest BCUT2D eigenvalue weighted by molar-refractivity contribution is 5.55. The van der Waals surface area contributed by atoms with E-state index in [1.807, 2.05) is 0 Å². The van der Waals surface area contributed by atoms with Crippen LogP contribution < -0.4 is 19.5 Å². The number of fused-ring (bicyclic) bond motifs is 1. The summed E-state index contributed by atoms with van der Waals surface area (Å²) < 4.78 is 16.5. The van der Waals surface area contributed by atoms with Gasteiger partial charge < -0.3 is 19.5 Å². The normalized spacial score (nSPS) is 19.0. The van der Waals surface area contributed by atoms with E-state index in [2.05, 4.69) is 35.9 Å². The molecule has 1 fully saturated rings. The molecule has 1 atom stereocenters. The van der Waals surface area contributed by atoms with E-state index in [-0.39, 0.29) is 6.79 Å². The summed E-state index contributed by atoms with van der Waals surface area (Å²) in [6.07, 6.45) is 0.933. The molecule has 22 heavy (non-hydrogen) atoms. The molecule has 0 aliphatic carbocycles. The number of hydrogen-bond donors (Lipinski definition) is 1.